The molecule has 1 aromatic carbocycles. The Kier molecular flexibility index (Phi) is 1.84. The molecule has 1 saturated carbocycles. The van der Waals surface area contributed by atoms with Gasteiger partial charge in [-0.05, 0) is 49.9 Å². The summed E-state index contributed by atoms with van der Waals surface area (Å²) in [7, 11) is 0. The fourth-order valence-electron chi connectivity index (χ4n) is 2.28. The van der Waals surface area contributed by atoms with Crippen LogP contribution in [0.5, 0.6) is 0 Å². The smallest absolute Gasteiger partial charge is 0.165 e. The van der Waals surface area contributed by atoms with Crippen LogP contribution in [0.2, 0.25) is 0 Å². The van der Waals surface area contributed by atoms with E-state index in [1.54, 1.807) is 0 Å². The molecule has 3 rings (SSSR count). The lowest BCUT2D eigenvalue weighted by Gasteiger charge is -2.03. The lowest BCUT2D eigenvalue weighted by atomic mass is 10.0. The summed E-state index contributed by atoms with van der Waals surface area (Å²) in [6.07, 6.45) is 3.22. The minimum Gasteiger partial charge on any atom is -0.382 e. The average molecular weight is 201 g/mol. The van der Waals surface area contributed by atoms with Crippen LogP contribution < -0.4 is 5.32 Å². The molecule has 15 heavy (non-hydrogen) atoms. The second-order valence-electron chi connectivity index (χ2n) is 4.76. The molecule has 2 heteroatoms. The Bertz CT molecular complexity index is 421. The van der Waals surface area contributed by atoms with Crippen molar-refractivity contribution in [3.8, 4) is 0 Å². The van der Waals surface area contributed by atoms with Gasteiger partial charge in [-0.3, -0.25) is 4.79 Å². The highest BCUT2D eigenvalue weighted by Crippen LogP contribution is 2.34. The maximum Gasteiger partial charge on any atom is 0.165 e. The van der Waals surface area contributed by atoms with Crippen LogP contribution in [-0.2, 0) is 6.42 Å². The van der Waals surface area contributed by atoms with Crippen LogP contribution >= 0.6 is 0 Å². The van der Waals surface area contributed by atoms with Gasteiger partial charge in [0, 0.05) is 23.2 Å². The van der Waals surface area contributed by atoms with Crippen LogP contribution in [0.15, 0.2) is 18.2 Å². The van der Waals surface area contributed by atoms with Gasteiger partial charge in [-0.25, -0.2) is 0 Å². The summed E-state index contributed by atoms with van der Waals surface area (Å²) < 4.78 is 0. The van der Waals surface area contributed by atoms with E-state index >= 15 is 0 Å². The topological polar surface area (TPSA) is 29.1 Å². The van der Waals surface area contributed by atoms with E-state index in [2.05, 4.69) is 24.4 Å². The van der Waals surface area contributed by atoms with E-state index in [-0.39, 0.29) is 0 Å². The molecule has 1 unspecified atom stereocenters. The Balaban J connectivity index is 1.92. The molecule has 1 heterocycles. The third-order valence-electron chi connectivity index (χ3n) is 3.27. The number of anilines is 1. The third kappa shape index (κ3) is 1.54. The Hall–Kier alpha value is -1.31. The summed E-state index contributed by atoms with van der Waals surface area (Å²) in [4.78, 5) is 11.9. The Morgan fingerprint density at radius 1 is 1.40 bits per heavy atom. The molecule has 0 amide bonds. The monoisotopic (exact) mass is 201 g/mol. The fraction of sp³-hybridized carbons (Fsp3) is 0.462. The summed E-state index contributed by atoms with van der Waals surface area (Å²) in [5.74, 6) is 0.673. The number of ketones is 1. The first-order valence-corrected chi connectivity index (χ1v) is 5.68. The highest BCUT2D eigenvalue weighted by Gasteiger charge is 2.31. The highest BCUT2D eigenvalue weighted by atomic mass is 16.1. The number of rotatable bonds is 2. The van der Waals surface area contributed by atoms with E-state index < -0.39 is 0 Å². The maximum atomic E-state index is 11.9. The summed E-state index contributed by atoms with van der Waals surface area (Å²) in [5.41, 5.74) is 3.41. The lowest BCUT2D eigenvalue weighted by Crippen LogP contribution is -2.08. The van der Waals surface area contributed by atoms with Crippen LogP contribution in [0.1, 0.15) is 35.7 Å². The predicted octanol–water partition coefficient (Wildman–Crippen LogP) is 2.64. The third-order valence-corrected chi connectivity index (χ3v) is 3.27. The SMILES string of the molecule is CC1Cc2cc(C(=O)C3CC3)ccc2N1. The van der Waals surface area contributed by atoms with Crippen molar-refractivity contribution in [2.45, 2.75) is 32.2 Å². The van der Waals surface area contributed by atoms with Crippen molar-refractivity contribution in [1.29, 1.82) is 0 Å². The number of carbonyl (C=O) groups is 1. The normalized spacial score (nSPS) is 23.4. The van der Waals surface area contributed by atoms with Crippen molar-refractivity contribution in [3.63, 3.8) is 0 Å². The highest BCUT2D eigenvalue weighted by molar-refractivity contribution is 5.99. The minimum absolute atomic E-state index is 0.329. The molecule has 0 saturated heterocycles. The predicted molar refractivity (Wildman–Crippen MR) is 60.3 cm³/mol. The van der Waals surface area contributed by atoms with Gasteiger partial charge >= 0.3 is 0 Å². The molecule has 2 nitrogen and oxygen atoms in total. The zero-order valence-corrected chi connectivity index (χ0v) is 8.92. The quantitative estimate of drug-likeness (QED) is 0.745. The molecule has 1 atom stereocenters. The molecular formula is C13H15NO. The summed E-state index contributed by atoms with van der Waals surface area (Å²) in [5, 5.41) is 3.40. The van der Waals surface area contributed by atoms with E-state index in [1.807, 2.05) is 6.07 Å². The van der Waals surface area contributed by atoms with Crippen LogP contribution in [0.4, 0.5) is 5.69 Å². The van der Waals surface area contributed by atoms with Crippen molar-refractivity contribution >= 4 is 11.5 Å². The molecule has 1 aliphatic carbocycles. The fourth-order valence-corrected chi connectivity index (χ4v) is 2.28. The first-order valence-electron chi connectivity index (χ1n) is 5.68. The number of fused-ring (bicyclic) bond motifs is 1. The number of carbonyl (C=O) groups excluding carboxylic acids is 1. The van der Waals surface area contributed by atoms with Gasteiger partial charge in [-0.15, -0.1) is 0 Å². The second-order valence-corrected chi connectivity index (χ2v) is 4.76. The van der Waals surface area contributed by atoms with E-state index in [9.17, 15) is 4.79 Å². The van der Waals surface area contributed by atoms with Gasteiger partial charge in [-0.1, -0.05) is 0 Å². The molecule has 2 aliphatic rings. The van der Waals surface area contributed by atoms with Gasteiger partial charge in [-0.2, -0.15) is 0 Å². The van der Waals surface area contributed by atoms with Crippen molar-refractivity contribution in [1.82, 2.24) is 0 Å². The number of Topliss-reactive ketones (excluding diaryl/α,β-unsaturated/α-hetero) is 1. The van der Waals surface area contributed by atoms with E-state index in [1.165, 1.54) is 11.3 Å². The van der Waals surface area contributed by atoms with E-state index in [0.717, 1.165) is 24.8 Å². The zero-order valence-electron chi connectivity index (χ0n) is 8.92. The van der Waals surface area contributed by atoms with Gasteiger partial charge < -0.3 is 5.32 Å². The summed E-state index contributed by atoms with van der Waals surface area (Å²) in [6, 6.07) is 6.59. The number of benzene rings is 1. The molecular weight excluding hydrogens is 186 g/mol. The summed E-state index contributed by atoms with van der Waals surface area (Å²) >= 11 is 0. The largest absolute Gasteiger partial charge is 0.382 e. The Morgan fingerprint density at radius 3 is 2.93 bits per heavy atom. The summed E-state index contributed by atoms with van der Waals surface area (Å²) in [6.45, 7) is 2.17. The van der Waals surface area contributed by atoms with Gasteiger partial charge in [0.25, 0.3) is 0 Å². The molecule has 0 radical (unpaired) electrons. The van der Waals surface area contributed by atoms with Crippen molar-refractivity contribution < 1.29 is 4.79 Å². The average Bonchev–Trinajstić information content (AvgIpc) is 2.98. The van der Waals surface area contributed by atoms with Crippen LogP contribution in [-0.4, -0.2) is 11.8 Å². The number of hydrogen-bond donors (Lipinski definition) is 1. The molecule has 1 aromatic rings. The van der Waals surface area contributed by atoms with Crippen molar-refractivity contribution in [3.05, 3.63) is 29.3 Å². The molecule has 0 bridgehead atoms. The van der Waals surface area contributed by atoms with Crippen molar-refractivity contribution in [2.24, 2.45) is 5.92 Å². The minimum atomic E-state index is 0.329. The van der Waals surface area contributed by atoms with Crippen LogP contribution in [0, 0.1) is 5.92 Å². The Morgan fingerprint density at radius 2 is 2.20 bits per heavy atom. The number of nitrogens with one attached hydrogen (secondary N) is 1. The first kappa shape index (κ1) is 8.96. The van der Waals surface area contributed by atoms with Gasteiger partial charge in [0.15, 0.2) is 5.78 Å². The van der Waals surface area contributed by atoms with Gasteiger partial charge in [0.05, 0.1) is 0 Å². The second kappa shape index (κ2) is 3.09. The standard InChI is InChI=1S/C13H15NO/c1-8-6-11-7-10(4-5-12(11)14-8)13(15)9-2-3-9/h4-5,7-9,14H,2-3,6H2,1H3. The first-order chi connectivity index (χ1) is 7.24. The molecule has 1 N–H and O–H groups in total. The zero-order chi connectivity index (χ0) is 10.4. The van der Waals surface area contributed by atoms with Crippen LogP contribution in [0.3, 0.4) is 0 Å². The molecule has 0 spiro atoms. The molecule has 1 fully saturated rings. The Labute approximate surface area is 89.7 Å². The lowest BCUT2D eigenvalue weighted by molar-refractivity contribution is 0.0967. The van der Waals surface area contributed by atoms with Crippen LogP contribution in [0.25, 0.3) is 0 Å². The molecule has 78 valence electrons. The van der Waals surface area contributed by atoms with Gasteiger partial charge in [0.1, 0.15) is 0 Å². The van der Waals surface area contributed by atoms with Crippen molar-refractivity contribution in [2.75, 3.05) is 5.32 Å². The number of hydrogen-bond acceptors (Lipinski definition) is 2. The van der Waals surface area contributed by atoms with Gasteiger partial charge in [0.2, 0.25) is 0 Å². The molecule has 1 aliphatic heterocycles. The molecule has 0 aromatic heterocycles. The van der Waals surface area contributed by atoms with E-state index in [0.29, 0.717) is 17.7 Å². The van der Waals surface area contributed by atoms with E-state index in [4.69, 9.17) is 0 Å². The maximum absolute atomic E-state index is 11.9.